The molecule has 0 aromatic heterocycles. The van der Waals surface area contributed by atoms with Gasteiger partial charge in [0.15, 0.2) is 6.10 Å². The Labute approximate surface area is 438 Å². The lowest BCUT2D eigenvalue weighted by atomic mass is 9.82. The van der Waals surface area contributed by atoms with E-state index < -0.39 is 65.9 Å². The maximum Gasteiger partial charge on any atom is 0.315 e. The molecule has 2 fully saturated rings. The van der Waals surface area contributed by atoms with Gasteiger partial charge in [-0.3, -0.25) is 24.2 Å². The number of likely N-dealkylation sites (tertiary alicyclic amines) is 2. The molecule has 6 atom stereocenters. The zero-order valence-corrected chi connectivity index (χ0v) is 44.4. The SMILES string of the molecule is COc1cc(NC2CCN(C(=O)CC(=O)O[C@@H]3CC/C=C/O[C@@]4(C)Oc5c(C)c(O)c6c(c5C4O)C4=NC5(CCN(CC(C)C)CC5)NC4=C(NC(=O)/C(C)=C\C=C\C(C)[C@H](O)CC(O)C3)C6=O)CC2)cc(OC)c1. The molecule has 2 saturated heterocycles. The van der Waals surface area contributed by atoms with Crippen LogP contribution in [0.15, 0.2) is 70.7 Å². The van der Waals surface area contributed by atoms with Gasteiger partial charge in [0.1, 0.15) is 46.9 Å². The summed E-state index contributed by atoms with van der Waals surface area (Å²) in [5, 5.41) is 56.5. The van der Waals surface area contributed by atoms with Crippen LogP contribution in [0.4, 0.5) is 5.69 Å². The van der Waals surface area contributed by atoms with Gasteiger partial charge in [-0.1, -0.05) is 39.0 Å². The summed E-state index contributed by atoms with van der Waals surface area (Å²) in [4.78, 5) is 65.0. The first-order valence-corrected chi connectivity index (χ1v) is 26.2. The van der Waals surface area contributed by atoms with Crippen LogP contribution < -0.4 is 30.2 Å². The van der Waals surface area contributed by atoms with E-state index in [4.69, 9.17) is 28.7 Å². The van der Waals surface area contributed by atoms with Crippen LogP contribution >= 0.6 is 0 Å². The summed E-state index contributed by atoms with van der Waals surface area (Å²) in [6, 6.07) is 5.61. The number of hydrogen-bond acceptors (Lipinski definition) is 17. The molecule has 6 heterocycles. The van der Waals surface area contributed by atoms with Gasteiger partial charge in [-0.15, -0.1) is 0 Å². The highest BCUT2D eigenvalue weighted by Gasteiger charge is 2.54. The Kier molecular flexibility index (Phi) is 16.7. The number of carbonyl (C=O) groups excluding carboxylic acids is 4. The number of esters is 1. The fourth-order valence-corrected chi connectivity index (χ4v) is 10.8. The molecule has 406 valence electrons. The number of nitrogens with one attached hydrogen (secondary N) is 3. The maximum atomic E-state index is 14.8. The van der Waals surface area contributed by atoms with Gasteiger partial charge in [0.05, 0.1) is 49.7 Å². The van der Waals surface area contributed by atoms with E-state index in [1.807, 2.05) is 12.1 Å². The van der Waals surface area contributed by atoms with Crippen LogP contribution in [0.2, 0.25) is 0 Å². The van der Waals surface area contributed by atoms with Crippen molar-refractivity contribution in [3.8, 4) is 23.0 Å². The average molecular weight is 1040 g/mol. The Morgan fingerprint density at radius 2 is 1.65 bits per heavy atom. The van der Waals surface area contributed by atoms with E-state index in [9.17, 15) is 39.6 Å². The fourth-order valence-electron chi connectivity index (χ4n) is 10.8. The Morgan fingerprint density at radius 1 is 0.960 bits per heavy atom. The van der Waals surface area contributed by atoms with E-state index >= 15 is 0 Å². The first-order valence-electron chi connectivity index (χ1n) is 26.2. The second kappa shape index (κ2) is 22.8. The van der Waals surface area contributed by atoms with Crippen molar-refractivity contribution in [2.24, 2.45) is 16.8 Å². The quantitative estimate of drug-likeness (QED) is 0.119. The number of Topliss-reactive ketones (excluding diaryl/α,β-unsaturated/α-hetero) is 1. The second-order valence-electron chi connectivity index (χ2n) is 21.4. The second-order valence-corrected chi connectivity index (χ2v) is 21.4. The number of ketones is 1. The summed E-state index contributed by atoms with van der Waals surface area (Å²) >= 11 is 0. The number of piperidine rings is 2. The van der Waals surface area contributed by atoms with Crippen LogP contribution in [-0.2, 0) is 23.9 Å². The van der Waals surface area contributed by atoms with Gasteiger partial charge < -0.3 is 69.9 Å². The number of carbonyl (C=O) groups is 4. The zero-order chi connectivity index (χ0) is 53.9. The summed E-state index contributed by atoms with van der Waals surface area (Å²) < 4.78 is 29.2. The number of amides is 2. The molecule has 3 unspecified atom stereocenters. The number of aliphatic hydroxyl groups excluding tert-OH is 3. The van der Waals surface area contributed by atoms with Gasteiger partial charge in [0.25, 0.3) is 11.7 Å². The molecule has 9 rings (SSSR count). The van der Waals surface area contributed by atoms with Crippen molar-refractivity contribution >= 4 is 35.0 Å². The fraction of sp³-hybridized carbons (Fsp3) is 0.554. The Morgan fingerprint density at radius 3 is 2.32 bits per heavy atom. The normalized spacial score (nSPS) is 28.0. The molecule has 6 aliphatic heterocycles. The Bertz CT molecular complexity index is 2660. The third-order valence-corrected chi connectivity index (χ3v) is 15.2. The minimum atomic E-state index is -1.76. The maximum absolute atomic E-state index is 14.8. The minimum Gasteiger partial charge on any atom is -0.507 e. The molecule has 0 radical (unpaired) electrons. The van der Waals surface area contributed by atoms with Crippen LogP contribution in [0.3, 0.4) is 0 Å². The highest BCUT2D eigenvalue weighted by atomic mass is 16.7. The number of aromatic hydroxyl groups is 1. The molecular formula is C56H74N6O13. The first-order chi connectivity index (χ1) is 35.7. The molecule has 2 amide bonds. The molecule has 1 spiro atoms. The Hall–Kier alpha value is -6.41. The van der Waals surface area contributed by atoms with Gasteiger partial charge in [0.2, 0.25) is 11.7 Å². The van der Waals surface area contributed by atoms with Gasteiger partial charge >= 0.3 is 5.97 Å². The molecule has 7 aliphatic rings. The molecule has 7 N–H and O–H groups in total. The van der Waals surface area contributed by atoms with Crippen LogP contribution in [0.25, 0.3) is 0 Å². The standard InChI is InChI=1S/C56H74N6O13/c1-31(2)30-61-21-17-56(18-22-61)59-47-44-45-50(67)34(5)52-46(44)53(69)55(6,75-52)73-23-10-9-14-38(26-37(63)27-41(64)32(3)12-11-13-33(4)54(70)58-49(51(45)68)48(47)60-56)74-43(66)29-42(65)62-19-15-35(16-20-62)57-36-24-39(71-7)28-40(25-36)72-8/h10-13,23-25,28,31-32,35,37-38,41,53,57,60,63-64,67,69H,9,14-22,26-27,29-30H2,1-8H3,(H,58,70)/b12-11+,23-10+,33-13-/t32?,37?,38-,41-,53?,55+/m1/s1. The number of phenols is 1. The monoisotopic (exact) mass is 1040 g/mol. The van der Waals surface area contributed by atoms with Crippen molar-refractivity contribution in [1.29, 1.82) is 0 Å². The summed E-state index contributed by atoms with van der Waals surface area (Å²) in [6.07, 6.45) is 5.69. The van der Waals surface area contributed by atoms with Crippen LogP contribution in [0.1, 0.15) is 126 Å². The average Bonchev–Trinajstić information content (AvgIpc) is 3.94. The summed E-state index contributed by atoms with van der Waals surface area (Å²) in [6.45, 7) is 14.0. The van der Waals surface area contributed by atoms with Crippen molar-refractivity contribution in [3.05, 3.63) is 88.0 Å². The first kappa shape index (κ1) is 54.8. The lowest BCUT2D eigenvalue weighted by Crippen LogP contribution is -2.50. The molecule has 75 heavy (non-hydrogen) atoms. The van der Waals surface area contributed by atoms with E-state index in [1.165, 1.54) is 13.2 Å². The summed E-state index contributed by atoms with van der Waals surface area (Å²) in [5.41, 5.74) is 1.16. The number of ether oxygens (including phenoxy) is 5. The van der Waals surface area contributed by atoms with E-state index in [-0.39, 0.29) is 88.4 Å². The molecule has 2 aromatic rings. The number of phenolic OH excluding ortho intramolecular Hbond substituents is 1. The molecule has 1 aliphatic carbocycles. The zero-order valence-electron chi connectivity index (χ0n) is 44.4. The molecule has 5 bridgehead atoms. The number of allylic oxidation sites excluding steroid dienone is 5. The Balaban J connectivity index is 1.01. The van der Waals surface area contributed by atoms with E-state index in [0.717, 1.165) is 25.3 Å². The van der Waals surface area contributed by atoms with Crippen molar-refractivity contribution in [3.63, 3.8) is 0 Å². The number of aliphatic imine (C=N–C) groups is 1. The van der Waals surface area contributed by atoms with Crippen LogP contribution in [-0.4, -0.2) is 142 Å². The van der Waals surface area contributed by atoms with Gasteiger partial charge in [-0.05, 0) is 57.9 Å². The molecule has 19 heteroatoms. The number of fused-ring (bicyclic) bond motifs is 13. The smallest absolute Gasteiger partial charge is 0.315 e. The summed E-state index contributed by atoms with van der Waals surface area (Å²) in [5.74, 6) is -3.13. The van der Waals surface area contributed by atoms with Crippen molar-refractivity contribution in [2.45, 2.75) is 141 Å². The molecule has 2 aromatic carbocycles. The largest absolute Gasteiger partial charge is 0.507 e. The molecule has 0 saturated carbocycles. The lowest BCUT2D eigenvalue weighted by Gasteiger charge is -2.38. The number of aliphatic hydroxyl groups is 3. The lowest BCUT2D eigenvalue weighted by molar-refractivity contribution is -0.180. The highest BCUT2D eigenvalue weighted by molar-refractivity contribution is 6.31. The minimum absolute atomic E-state index is 0.0387. The van der Waals surface area contributed by atoms with Crippen molar-refractivity contribution < 1.29 is 63.3 Å². The van der Waals surface area contributed by atoms with Gasteiger partial charge in [0, 0.05) is 117 Å². The third kappa shape index (κ3) is 12.0. The number of rotatable bonds is 9. The van der Waals surface area contributed by atoms with E-state index in [1.54, 1.807) is 70.3 Å². The number of nitrogens with zero attached hydrogens (tertiary/aromatic N) is 3. The number of benzene rings is 2. The van der Waals surface area contributed by atoms with E-state index in [0.29, 0.717) is 61.9 Å². The van der Waals surface area contributed by atoms with Crippen molar-refractivity contribution in [1.82, 2.24) is 20.4 Å². The topological polar surface area (TPSA) is 250 Å². The molecule has 19 nitrogen and oxygen atoms in total. The van der Waals surface area contributed by atoms with Crippen molar-refractivity contribution in [2.75, 3.05) is 52.3 Å². The molecular weight excluding hydrogens is 965 g/mol. The number of methoxy groups -OCH3 is 2. The van der Waals surface area contributed by atoms with Gasteiger partial charge in [-0.2, -0.15) is 0 Å². The number of hydrogen-bond donors (Lipinski definition) is 7. The van der Waals surface area contributed by atoms with E-state index in [2.05, 4.69) is 34.7 Å². The summed E-state index contributed by atoms with van der Waals surface area (Å²) in [7, 11) is 3.17. The predicted molar refractivity (Wildman–Crippen MR) is 279 cm³/mol. The van der Waals surface area contributed by atoms with Crippen LogP contribution in [0.5, 0.6) is 23.0 Å². The number of anilines is 1. The third-order valence-electron chi connectivity index (χ3n) is 15.2. The van der Waals surface area contributed by atoms with Gasteiger partial charge in [-0.25, -0.2) is 0 Å². The highest BCUT2D eigenvalue weighted by Crippen LogP contribution is 2.54. The predicted octanol–water partition coefficient (Wildman–Crippen LogP) is 5.59. The van der Waals surface area contributed by atoms with Crippen LogP contribution in [0, 0.1) is 18.8 Å².